The molecule has 2 aromatic heterocycles. The number of carbonyl (C=O) groups excluding carboxylic acids is 1. The van der Waals surface area contributed by atoms with E-state index in [-0.39, 0.29) is 12.5 Å². The Morgan fingerprint density at radius 2 is 1.76 bits per heavy atom. The molecule has 1 amide bonds. The van der Waals surface area contributed by atoms with Crippen LogP contribution in [0.3, 0.4) is 0 Å². The van der Waals surface area contributed by atoms with E-state index < -0.39 is 0 Å². The lowest BCUT2D eigenvalue weighted by molar-refractivity contribution is -0.130. The molecule has 2 saturated heterocycles. The van der Waals surface area contributed by atoms with E-state index in [9.17, 15) is 4.79 Å². The third-order valence-electron chi connectivity index (χ3n) is 7.60. The molecule has 226 valence electrons. The van der Waals surface area contributed by atoms with Crippen LogP contribution in [-0.2, 0) is 11.2 Å². The molecule has 0 saturated carbocycles. The van der Waals surface area contributed by atoms with Gasteiger partial charge in [0.25, 0.3) is 0 Å². The Kier molecular flexibility index (Phi) is 13.9. The van der Waals surface area contributed by atoms with Gasteiger partial charge < -0.3 is 20.0 Å². The predicted octanol–water partition coefficient (Wildman–Crippen LogP) is 6.26. The maximum absolute atomic E-state index is 13.0. The van der Waals surface area contributed by atoms with Crippen molar-refractivity contribution in [2.45, 2.75) is 46.0 Å². The highest BCUT2D eigenvalue weighted by atomic mass is 16.2. The van der Waals surface area contributed by atoms with E-state index in [1.165, 1.54) is 37.2 Å². The molecule has 0 radical (unpaired) electrons. The van der Waals surface area contributed by atoms with E-state index in [2.05, 4.69) is 97.8 Å². The van der Waals surface area contributed by atoms with Gasteiger partial charge in [-0.3, -0.25) is 9.20 Å². The van der Waals surface area contributed by atoms with Crippen LogP contribution in [0.1, 0.15) is 45.2 Å². The number of allylic oxidation sites excluding steroid dienone is 9. The molecule has 3 aliphatic rings. The van der Waals surface area contributed by atoms with Gasteiger partial charge in [0.05, 0.1) is 12.2 Å². The van der Waals surface area contributed by atoms with Crippen LogP contribution in [0.4, 0.5) is 5.82 Å². The Morgan fingerprint density at radius 3 is 2.45 bits per heavy atom. The Bertz CT molecular complexity index is 1270. The average Bonchev–Trinajstić information content (AvgIpc) is 3.58. The predicted molar refractivity (Wildman–Crippen MR) is 178 cm³/mol. The van der Waals surface area contributed by atoms with Crippen molar-refractivity contribution in [2.75, 3.05) is 58.2 Å². The number of hydrogen-bond acceptors (Lipinski definition) is 5. The smallest absolute Gasteiger partial charge is 0.242 e. The molecule has 1 N–H and O–H groups in total. The Morgan fingerprint density at radius 1 is 1.02 bits per heavy atom. The van der Waals surface area contributed by atoms with Crippen molar-refractivity contribution < 1.29 is 4.79 Å². The first-order valence-corrected chi connectivity index (χ1v) is 15.3. The van der Waals surface area contributed by atoms with Crippen molar-refractivity contribution in [1.82, 2.24) is 24.1 Å². The molecule has 2 aliphatic heterocycles. The summed E-state index contributed by atoms with van der Waals surface area (Å²) < 4.78 is 2.03. The third-order valence-corrected chi connectivity index (χ3v) is 7.60. The summed E-state index contributed by atoms with van der Waals surface area (Å²) in [6, 6.07) is 5.96. The zero-order valence-corrected chi connectivity index (χ0v) is 26.0. The number of nitrogens with zero attached hydrogens (tertiary/aromatic N) is 5. The number of rotatable bonds is 8. The normalized spacial score (nSPS) is 17.4. The van der Waals surface area contributed by atoms with Crippen LogP contribution in [0, 0.1) is 0 Å². The molecule has 5 rings (SSSR count). The number of carbonyl (C=O) groups is 1. The van der Waals surface area contributed by atoms with Gasteiger partial charge in [-0.25, -0.2) is 4.98 Å². The monoisotopic (exact) mass is 570 g/mol. The topological polar surface area (TPSA) is 56.1 Å². The summed E-state index contributed by atoms with van der Waals surface area (Å²) >= 11 is 0. The van der Waals surface area contributed by atoms with Crippen molar-refractivity contribution in [3.63, 3.8) is 0 Å². The van der Waals surface area contributed by atoms with E-state index in [1.54, 1.807) is 0 Å². The highest BCUT2D eigenvalue weighted by Crippen LogP contribution is 2.21. The Balaban J connectivity index is 0.000000530. The molecule has 0 bridgehead atoms. The molecule has 4 heterocycles. The SMILES string of the molecule is C=C.CC/C=C\C=C/Cc1nc2ccccn2c1NCC(=O)N1CCN(C2=C(C)CC=CC=C2)CC1.CN1CCCC1. The number of piperazine rings is 1. The number of likely N-dealkylation sites (tertiary alicyclic amines) is 1. The summed E-state index contributed by atoms with van der Waals surface area (Å²) in [4.78, 5) is 24.5. The number of aromatic nitrogens is 2. The van der Waals surface area contributed by atoms with Gasteiger partial charge in [-0.15, -0.1) is 13.2 Å². The second-order valence-electron chi connectivity index (χ2n) is 10.7. The summed E-state index contributed by atoms with van der Waals surface area (Å²) in [5.74, 6) is 1.02. The van der Waals surface area contributed by atoms with E-state index >= 15 is 0 Å². The number of imidazole rings is 1. The second-order valence-corrected chi connectivity index (χ2v) is 10.7. The molecular formula is C35H50N6O. The maximum atomic E-state index is 13.0. The molecular weight excluding hydrogens is 520 g/mol. The van der Waals surface area contributed by atoms with Gasteiger partial charge in [-0.1, -0.05) is 55.5 Å². The van der Waals surface area contributed by atoms with Gasteiger partial charge in [0, 0.05) is 44.5 Å². The molecule has 0 spiro atoms. The molecule has 7 nitrogen and oxygen atoms in total. The lowest BCUT2D eigenvalue weighted by Gasteiger charge is -2.37. The molecule has 0 unspecified atom stereocenters. The van der Waals surface area contributed by atoms with Gasteiger partial charge in [-0.05, 0) is 76.5 Å². The fraction of sp³-hybridized carbons (Fsp3) is 0.429. The van der Waals surface area contributed by atoms with Crippen LogP contribution in [0.5, 0.6) is 0 Å². The van der Waals surface area contributed by atoms with Crippen molar-refractivity contribution in [3.05, 3.63) is 103 Å². The van der Waals surface area contributed by atoms with Gasteiger partial charge >= 0.3 is 0 Å². The number of fused-ring (bicyclic) bond motifs is 1. The van der Waals surface area contributed by atoms with Crippen LogP contribution in [0.2, 0.25) is 0 Å². The maximum Gasteiger partial charge on any atom is 0.242 e. The minimum Gasteiger partial charge on any atom is -0.368 e. The van der Waals surface area contributed by atoms with Crippen molar-refractivity contribution >= 4 is 17.4 Å². The summed E-state index contributed by atoms with van der Waals surface area (Å²) in [7, 11) is 2.17. The van der Waals surface area contributed by atoms with Gasteiger partial charge in [0.1, 0.15) is 11.5 Å². The zero-order chi connectivity index (χ0) is 30.2. The largest absolute Gasteiger partial charge is 0.368 e. The number of anilines is 1. The molecule has 1 aliphatic carbocycles. The highest BCUT2D eigenvalue weighted by molar-refractivity contribution is 5.81. The third kappa shape index (κ3) is 9.62. The fourth-order valence-corrected chi connectivity index (χ4v) is 5.28. The van der Waals surface area contributed by atoms with Crippen LogP contribution in [0.25, 0.3) is 5.65 Å². The van der Waals surface area contributed by atoms with E-state index in [0.29, 0.717) is 6.42 Å². The van der Waals surface area contributed by atoms with Crippen molar-refractivity contribution in [3.8, 4) is 0 Å². The minimum atomic E-state index is 0.127. The molecule has 2 fully saturated rings. The van der Waals surface area contributed by atoms with Crippen molar-refractivity contribution in [2.24, 2.45) is 0 Å². The molecule has 7 heteroatoms. The molecule has 2 aromatic rings. The van der Waals surface area contributed by atoms with Gasteiger partial charge in [0.2, 0.25) is 5.91 Å². The number of nitrogens with one attached hydrogen (secondary N) is 1. The lowest BCUT2D eigenvalue weighted by Crippen LogP contribution is -2.49. The lowest BCUT2D eigenvalue weighted by atomic mass is 10.1. The van der Waals surface area contributed by atoms with E-state index in [0.717, 1.165) is 56.2 Å². The Hall–Kier alpha value is -3.84. The van der Waals surface area contributed by atoms with Crippen LogP contribution in [0.15, 0.2) is 97.4 Å². The minimum absolute atomic E-state index is 0.127. The fourth-order valence-electron chi connectivity index (χ4n) is 5.28. The molecule has 42 heavy (non-hydrogen) atoms. The van der Waals surface area contributed by atoms with E-state index in [4.69, 9.17) is 4.98 Å². The summed E-state index contributed by atoms with van der Waals surface area (Å²) in [6.45, 7) is 16.4. The zero-order valence-electron chi connectivity index (χ0n) is 26.0. The molecule has 0 atom stereocenters. The van der Waals surface area contributed by atoms with Crippen LogP contribution >= 0.6 is 0 Å². The quantitative estimate of drug-likeness (QED) is 0.300. The number of amides is 1. The first-order chi connectivity index (χ1) is 20.6. The summed E-state index contributed by atoms with van der Waals surface area (Å²) in [5.41, 5.74) is 4.51. The number of pyridine rings is 1. The first kappa shape index (κ1) is 32.7. The van der Waals surface area contributed by atoms with E-state index in [1.807, 2.05) is 33.7 Å². The van der Waals surface area contributed by atoms with Gasteiger partial charge in [0.15, 0.2) is 0 Å². The summed E-state index contributed by atoms with van der Waals surface area (Å²) in [5, 5.41) is 3.39. The highest BCUT2D eigenvalue weighted by Gasteiger charge is 2.23. The average molecular weight is 571 g/mol. The Labute approximate surface area is 253 Å². The first-order valence-electron chi connectivity index (χ1n) is 15.3. The summed E-state index contributed by atoms with van der Waals surface area (Å²) in [6.07, 6.45) is 24.5. The van der Waals surface area contributed by atoms with Crippen molar-refractivity contribution in [1.29, 1.82) is 0 Å². The second kappa shape index (κ2) is 17.9. The number of hydrogen-bond donors (Lipinski definition) is 1. The van der Waals surface area contributed by atoms with Crippen LogP contribution in [-0.4, -0.2) is 82.9 Å². The van der Waals surface area contributed by atoms with Crippen LogP contribution < -0.4 is 5.32 Å². The van der Waals surface area contributed by atoms with Gasteiger partial charge in [-0.2, -0.15) is 0 Å². The molecule has 0 aromatic carbocycles. The standard InChI is InChI=1S/C28H35N5O.C5H11N.C2H4/c1-3-4-5-6-9-14-24-28(33-17-12-11-16-26(33)30-24)29-22-27(34)32-20-18-31(19-21-32)25-15-10-7-8-13-23(25)2;1-6-4-2-3-5-6;1-2/h4-12,15-17,29H,3,13-14,18-22H2,1-2H3;2-5H2,1H3;1-2H2/b5-4-,9-6-;;.